The minimum Gasteiger partial charge on any atom is -0.598 e. The van der Waals surface area contributed by atoms with Crippen LogP contribution in [0.3, 0.4) is 0 Å². The second-order valence-electron chi connectivity index (χ2n) is 13.0. The van der Waals surface area contributed by atoms with Gasteiger partial charge in [0.25, 0.3) is 0 Å². The first kappa shape index (κ1) is 31.3. The summed E-state index contributed by atoms with van der Waals surface area (Å²) in [5.41, 5.74) is 4.28. The molecule has 220 valence electrons. The van der Waals surface area contributed by atoms with E-state index in [0.717, 1.165) is 52.2 Å². The fraction of sp³-hybridized carbons (Fsp3) is 0.484. The summed E-state index contributed by atoms with van der Waals surface area (Å²) >= 11 is -1.21. The van der Waals surface area contributed by atoms with Crippen molar-refractivity contribution in [2.45, 2.75) is 96.8 Å². The highest BCUT2D eigenvalue weighted by atomic mass is 32.2. The largest absolute Gasteiger partial charge is 0.598 e. The number of pyridine rings is 1. The van der Waals surface area contributed by atoms with Gasteiger partial charge in [0.15, 0.2) is 14.1 Å². The molecule has 8 nitrogen and oxygen atoms in total. The van der Waals surface area contributed by atoms with Crippen molar-refractivity contribution in [3.63, 3.8) is 0 Å². The smallest absolute Gasteiger partial charge is 0.192 e. The molecule has 3 aromatic heterocycles. The molecule has 0 amide bonds. The number of hydrogen-bond acceptors (Lipinski definition) is 7. The molecule has 0 saturated carbocycles. The molecule has 4 rings (SSSR count). The molecule has 1 N–H and O–H groups in total. The number of fused-ring (bicyclic) bond motifs is 1. The van der Waals surface area contributed by atoms with Crippen LogP contribution in [0, 0.1) is 0 Å². The monoisotopic (exact) mass is 592 g/mol. The zero-order chi connectivity index (χ0) is 30.0. The zero-order valence-electron chi connectivity index (χ0n) is 25.9. The molecule has 0 aliphatic heterocycles. The third kappa shape index (κ3) is 7.42. The molecular formula is C31H44N6O2SSi. The maximum absolute atomic E-state index is 12.9. The number of nitrogens with zero attached hydrogens (tertiary/aromatic N) is 5. The van der Waals surface area contributed by atoms with Crippen molar-refractivity contribution in [3.05, 3.63) is 66.4 Å². The standard InChI is InChI=1S/C31H44N6O2SSi/c1-10-12-25(36-40(38)30(2,3)4)27-20-32-19-26(35-27)22-15-16-23-18-33-37(28(23)17-22)29-14-11-13-24(34-29)21-39-41(8,9)31(5,6)7/h11,13-20,25,36H,10,12,21H2,1-9H3/t25-,40?/m1/s1. The molecule has 1 unspecified atom stereocenters. The molecule has 0 aliphatic rings. The number of rotatable bonds is 10. The summed E-state index contributed by atoms with van der Waals surface area (Å²) in [4.78, 5) is 14.3. The van der Waals surface area contributed by atoms with E-state index in [1.54, 1.807) is 12.4 Å². The summed E-state index contributed by atoms with van der Waals surface area (Å²) in [6.45, 7) is 19.7. The molecule has 3 heterocycles. The van der Waals surface area contributed by atoms with Gasteiger partial charge in [0, 0.05) is 22.3 Å². The van der Waals surface area contributed by atoms with Gasteiger partial charge in [-0.15, -0.1) is 4.72 Å². The third-order valence-corrected chi connectivity index (χ3v) is 13.7. The minimum atomic E-state index is -1.89. The van der Waals surface area contributed by atoms with Gasteiger partial charge in [-0.3, -0.25) is 4.98 Å². The topological polar surface area (TPSA) is 101 Å². The Labute approximate surface area is 248 Å². The average molecular weight is 593 g/mol. The van der Waals surface area contributed by atoms with Crippen LogP contribution in [-0.2, 0) is 22.4 Å². The van der Waals surface area contributed by atoms with Gasteiger partial charge in [0.1, 0.15) is 4.75 Å². The number of benzene rings is 1. The van der Waals surface area contributed by atoms with Crippen LogP contribution in [0.5, 0.6) is 0 Å². The molecule has 0 fully saturated rings. The molecular weight excluding hydrogens is 549 g/mol. The van der Waals surface area contributed by atoms with Crippen LogP contribution in [0.15, 0.2) is 55.0 Å². The molecule has 0 aliphatic carbocycles. The summed E-state index contributed by atoms with van der Waals surface area (Å²) in [5.74, 6) is 0.741. The van der Waals surface area contributed by atoms with Crippen molar-refractivity contribution in [3.8, 4) is 17.1 Å². The second-order valence-corrected chi connectivity index (χ2v) is 19.8. The van der Waals surface area contributed by atoms with Crippen LogP contribution in [-0.4, -0.2) is 42.3 Å². The number of nitrogens with one attached hydrogen (secondary N) is 1. The van der Waals surface area contributed by atoms with Crippen LogP contribution < -0.4 is 4.72 Å². The lowest BCUT2D eigenvalue weighted by atomic mass is 10.1. The first-order chi connectivity index (χ1) is 19.2. The summed E-state index contributed by atoms with van der Waals surface area (Å²) in [6, 6.07) is 12.0. The molecule has 0 spiro atoms. The molecule has 0 saturated heterocycles. The van der Waals surface area contributed by atoms with Crippen molar-refractivity contribution >= 4 is 30.6 Å². The average Bonchev–Trinajstić information content (AvgIpc) is 3.34. The zero-order valence-corrected chi connectivity index (χ0v) is 27.7. The van der Waals surface area contributed by atoms with Gasteiger partial charge >= 0.3 is 0 Å². The van der Waals surface area contributed by atoms with Gasteiger partial charge in [-0.2, -0.15) is 5.10 Å². The quantitative estimate of drug-likeness (QED) is 0.152. The van der Waals surface area contributed by atoms with E-state index in [9.17, 15) is 4.55 Å². The van der Waals surface area contributed by atoms with E-state index in [2.05, 4.69) is 61.7 Å². The highest BCUT2D eigenvalue weighted by molar-refractivity contribution is 7.90. The Morgan fingerprint density at radius 1 is 1.02 bits per heavy atom. The van der Waals surface area contributed by atoms with Crippen molar-refractivity contribution in [2.24, 2.45) is 0 Å². The third-order valence-electron chi connectivity index (χ3n) is 7.66. The Kier molecular flexibility index (Phi) is 9.40. The van der Waals surface area contributed by atoms with Gasteiger partial charge in [-0.05, 0) is 63.5 Å². The van der Waals surface area contributed by atoms with Gasteiger partial charge in [0.05, 0.1) is 53.8 Å². The maximum Gasteiger partial charge on any atom is 0.192 e. The molecule has 0 bridgehead atoms. The Morgan fingerprint density at radius 2 is 1.78 bits per heavy atom. The van der Waals surface area contributed by atoms with E-state index in [4.69, 9.17) is 14.4 Å². The Morgan fingerprint density at radius 3 is 2.46 bits per heavy atom. The van der Waals surface area contributed by atoms with Crippen molar-refractivity contribution in [1.82, 2.24) is 29.5 Å². The molecule has 1 aromatic carbocycles. The van der Waals surface area contributed by atoms with E-state index in [1.807, 2.05) is 62.0 Å². The van der Waals surface area contributed by atoms with Crippen LogP contribution in [0.4, 0.5) is 0 Å². The number of hydrogen-bond donors (Lipinski definition) is 1. The number of aromatic nitrogens is 5. The second kappa shape index (κ2) is 12.3. The Hall–Kier alpha value is -2.63. The summed E-state index contributed by atoms with van der Waals surface area (Å²) < 4.78 is 24.0. The lowest BCUT2D eigenvalue weighted by Gasteiger charge is -2.36. The molecule has 4 aromatic rings. The van der Waals surface area contributed by atoms with E-state index >= 15 is 0 Å². The molecule has 10 heteroatoms. The van der Waals surface area contributed by atoms with Crippen LogP contribution in [0.1, 0.15) is 78.7 Å². The van der Waals surface area contributed by atoms with E-state index in [-0.39, 0.29) is 15.8 Å². The van der Waals surface area contributed by atoms with Crippen LogP contribution in [0.2, 0.25) is 18.1 Å². The van der Waals surface area contributed by atoms with Gasteiger partial charge in [0.2, 0.25) is 0 Å². The van der Waals surface area contributed by atoms with E-state index in [1.165, 1.54) is 0 Å². The first-order valence-electron chi connectivity index (χ1n) is 14.3. The SMILES string of the molecule is CCC[C@@H](N[S+]([O-])C(C)(C)C)c1cncc(-c2ccc3cnn(-c4cccc(CO[Si](C)(C)C(C)(C)C)n4)c3c2)n1. The predicted octanol–water partition coefficient (Wildman–Crippen LogP) is 7.29. The lowest BCUT2D eigenvalue weighted by molar-refractivity contribution is 0.272. The highest BCUT2D eigenvalue weighted by Crippen LogP contribution is 2.37. The minimum absolute atomic E-state index is 0.135. The normalized spacial score (nSPS) is 14.4. The molecule has 0 radical (unpaired) electrons. The molecule has 2 atom stereocenters. The van der Waals surface area contributed by atoms with E-state index < -0.39 is 19.7 Å². The van der Waals surface area contributed by atoms with E-state index in [0.29, 0.717) is 6.61 Å². The maximum atomic E-state index is 12.9. The lowest BCUT2D eigenvalue weighted by Crippen LogP contribution is -2.41. The Balaban J connectivity index is 1.63. The van der Waals surface area contributed by atoms with Crippen molar-refractivity contribution in [2.75, 3.05) is 0 Å². The summed E-state index contributed by atoms with van der Waals surface area (Å²) in [5, 5.41) is 5.80. The summed E-state index contributed by atoms with van der Waals surface area (Å²) in [6.07, 6.45) is 7.13. The van der Waals surface area contributed by atoms with Gasteiger partial charge in [-0.1, -0.05) is 52.3 Å². The molecule has 41 heavy (non-hydrogen) atoms. The van der Waals surface area contributed by atoms with Crippen LogP contribution in [0.25, 0.3) is 28.0 Å². The Bertz CT molecular complexity index is 1480. The fourth-order valence-electron chi connectivity index (χ4n) is 4.05. The van der Waals surface area contributed by atoms with Crippen LogP contribution >= 0.6 is 0 Å². The van der Waals surface area contributed by atoms with Gasteiger partial charge < -0.3 is 8.98 Å². The van der Waals surface area contributed by atoms with Crippen molar-refractivity contribution in [1.29, 1.82) is 0 Å². The predicted molar refractivity (Wildman–Crippen MR) is 171 cm³/mol. The van der Waals surface area contributed by atoms with Gasteiger partial charge in [-0.25, -0.2) is 14.6 Å². The van der Waals surface area contributed by atoms with Crippen molar-refractivity contribution < 1.29 is 8.98 Å². The fourth-order valence-corrected chi connectivity index (χ4v) is 5.84. The summed E-state index contributed by atoms with van der Waals surface area (Å²) in [7, 11) is -1.89. The first-order valence-corrected chi connectivity index (χ1v) is 18.3. The highest BCUT2D eigenvalue weighted by Gasteiger charge is 2.37.